The van der Waals surface area contributed by atoms with Gasteiger partial charge in [-0.05, 0) is 24.3 Å². The predicted octanol–water partition coefficient (Wildman–Crippen LogP) is 3.80. The summed E-state index contributed by atoms with van der Waals surface area (Å²) in [7, 11) is 0. The van der Waals surface area contributed by atoms with Crippen LogP contribution in [0.2, 0.25) is 0 Å². The average molecular weight is 250 g/mol. The van der Waals surface area contributed by atoms with Gasteiger partial charge < -0.3 is 0 Å². The molecule has 1 aromatic heterocycles. The largest absolute Gasteiger partial charge is 0.490 e. The Morgan fingerprint density at radius 3 is 2.17 bits per heavy atom. The summed E-state index contributed by atoms with van der Waals surface area (Å²) < 4.78 is 39.2. The normalized spacial score (nSPS) is 11.3. The molecule has 0 spiro atoms. The minimum Gasteiger partial charge on any atom is -0.236 e. The monoisotopic (exact) mass is 250 g/mol. The topological polar surface area (TPSA) is 16.1 Å². The fourth-order valence-electron chi connectivity index (χ4n) is 1.55. The van der Waals surface area contributed by atoms with Gasteiger partial charge in [0.1, 0.15) is 5.82 Å². The number of aromatic nitrogens is 1. The second-order valence-corrected chi connectivity index (χ2v) is 3.56. The van der Waals surface area contributed by atoms with Crippen LogP contribution in [0.5, 0.6) is 0 Å². The summed E-state index contributed by atoms with van der Waals surface area (Å²) >= 11 is 0. The van der Waals surface area contributed by atoms with E-state index in [-0.39, 0.29) is 22.1 Å². The van der Waals surface area contributed by atoms with Gasteiger partial charge in [0.15, 0.2) is 0 Å². The lowest BCUT2D eigenvalue weighted by molar-refractivity contribution is -0.121. The maximum absolute atomic E-state index is 13.1. The van der Waals surface area contributed by atoms with Gasteiger partial charge in [0, 0.05) is 12.6 Å². The molecule has 0 unspecified atom stereocenters. The molecule has 0 aliphatic rings. The molecule has 2 rings (SSSR count). The van der Waals surface area contributed by atoms with Crippen molar-refractivity contribution in [2.24, 2.45) is 0 Å². The molecule has 0 bridgehead atoms. The first-order valence-corrected chi connectivity index (χ1v) is 5.13. The Kier molecular flexibility index (Phi) is 3.23. The first kappa shape index (κ1) is 12.4. The van der Waals surface area contributed by atoms with Crippen LogP contribution in [0.15, 0.2) is 48.5 Å². The highest BCUT2D eigenvalue weighted by Gasteiger charge is 2.39. The summed E-state index contributed by atoms with van der Waals surface area (Å²) in [5, 5.41) is 0. The van der Waals surface area contributed by atoms with E-state index in [1.54, 1.807) is 6.07 Å². The van der Waals surface area contributed by atoms with E-state index in [9.17, 15) is 13.2 Å². The summed E-state index contributed by atoms with van der Waals surface area (Å²) in [6.07, 6.45) is -4.57. The molecule has 0 atom stereocenters. The zero-order valence-corrected chi connectivity index (χ0v) is 9.22. The number of nitrogens with zero attached hydrogens (tertiary/aromatic N) is 2. The second-order valence-electron chi connectivity index (χ2n) is 3.56. The van der Waals surface area contributed by atoms with Crippen molar-refractivity contribution in [2.75, 3.05) is 4.90 Å². The van der Waals surface area contributed by atoms with Crippen molar-refractivity contribution in [3.05, 3.63) is 61.1 Å². The molecular weight excluding hydrogens is 241 g/mol. The van der Waals surface area contributed by atoms with Gasteiger partial charge in [0.25, 0.3) is 0 Å². The Morgan fingerprint density at radius 1 is 0.944 bits per heavy atom. The summed E-state index contributed by atoms with van der Waals surface area (Å²) in [6, 6.07) is 11.5. The van der Waals surface area contributed by atoms with Gasteiger partial charge in [-0.2, -0.15) is 0 Å². The van der Waals surface area contributed by atoms with Crippen LogP contribution >= 0.6 is 0 Å². The van der Waals surface area contributed by atoms with Crippen molar-refractivity contribution < 1.29 is 13.2 Å². The molecule has 1 aromatic carbocycles. The molecule has 1 heterocycles. The Morgan fingerprint density at radius 2 is 1.61 bits per heavy atom. The minimum atomic E-state index is -4.57. The molecule has 0 N–H and O–H groups in total. The third-order valence-corrected chi connectivity index (χ3v) is 2.25. The van der Waals surface area contributed by atoms with Crippen molar-refractivity contribution in [3.63, 3.8) is 0 Å². The average Bonchev–Trinajstić information content (AvgIpc) is 2.28. The molecule has 0 aliphatic carbocycles. The molecule has 2 nitrogen and oxygen atoms in total. The first-order valence-electron chi connectivity index (χ1n) is 5.13. The van der Waals surface area contributed by atoms with Gasteiger partial charge in [0.2, 0.25) is 0 Å². The lowest BCUT2D eigenvalue weighted by Crippen LogP contribution is -2.34. The van der Waals surface area contributed by atoms with Gasteiger partial charge in [-0.3, -0.25) is 0 Å². The Hall–Kier alpha value is -2.04. The molecule has 2 radical (unpaired) electrons. The highest BCUT2D eigenvalue weighted by Crippen LogP contribution is 2.34. The van der Waals surface area contributed by atoms with Crippen molar-refractivity contribution in [1.29, 1.82) is 0 Å². The lowest BCUT2D eigenvalue weighted by Gasteiger charge is -2.26. The van der Waals surface area contributed by atoms with E-state index in [0.717, 1.165) is 0 Å². The van der Waals surface area contributed by atoms with Crippen molar-refractivity contribution in [3.8, 4) is 0 Å². The highest BCUT2D eigenvalue weighted by molar-refractivity contribution is 5.60. The number of halogens is 3. The van der Waals surface area contributed by atoms with E-state index in [0.29, 0.717) is 0 Å². The van der Waals surface area contributed by atoms with E-state index in [1.165, 1.54) is 42.5 Å². The van der Waals surface area contributed by atoms with Gasteiger partial charge in [0.05, 0.1) is 5.69 Å². The van der Waals surface area contributed by atoms with Crippen LogP contribution in [0, 0.1) is 6.92 Å². The number of benzene rings is 1. The first-order chi connectivity index (χ1) is 8.48. The number of para-hydroxylation sites is 1. The van der Waals surface area contributed by atoms with Gasteiger partial charge in [-0.1, -0.05) is 24.3 Å². The number of hydrogen-bond acceptors (Lipinski definition) is 2. The molecule has 2 aromatic rings. The third-order valence-electron chi connectivity index (χ3n) is 2.25. The van der Waals surface area contributed by atoms with Crippen LogP contribution in [0.25, 0.3) is 0 Å². The maximum atomic E-state index is 13.1. The third kappa shape index (κ3) is 2.61. The summed E-state index contributed by atoms with van der Waals surface area (Å²) in [5.41, 5.74) is 0.0285. The van der Waals surface area contributed by atoms with Crippen LogP contribution in [0.3, 0.4) is 0 Å². The van der Waals surface area contributed by atoms with Crippen molar-refractivity contribution in [1.82, 2.24) is 4.98 Å². The fourth-order valence-corrected chi connectivity index (χ4v) is 1.55. The molecule has 0 amide bonds. The van der Waals surface area contributed by atoms with Crippen LogP contribution in [0.4, 0.5) is 24.7 Å². The number of pyridine rings is 1. The zero-order chi connectivity index (χ0) is 13.2. The van der Waals surface area contributed by atoms with Crippen LogP contribution < -0.4 is 4.90 Å². The van der Waals surface area contributed by atoms with Gasteiger partial charge in [-0.15, -0.1) is 13.2 Å². The molecule has 0 saturated carbocycles. The van der Waals surface area contributed by atoms with Crippen LogP contribution in [-0.4, -0.2) is 11.3 Å². The number of hydrogen-bond donors (Lipinski definition) is 0. The van der Waals surface area contributed by atoms with Crippen LogP contribution in [0.1, 0.15) is 5.69 Å². The zero-order valence-electron chi connectivity index (χ0n) is 9.22. The SMILES string of the molecule is [CH]c1cccc(N(c2ccccc2)C(F)(F)F)n1. The minimum absolute atomic E-state index is 0.0110. The van der Waals surface area contributed by atoms with E-state index in [4.69, 9.17) is 6.92 Å². The highest BCUT2D eigenvalue weighted by atomic mass is 19.4. The molecule has 0 fully saturated rings. The van der Waals surface area contributed by atoms with Crippen molar-refractivity contribution in [2.45, 2.75) is 6.30 Å². The quantitative estimate of drug-likeness (QED) is 0.754. The van der Waals surface area contributed by atoms with Gasteiger partial charge in [-0.25, -0.2) is 9.88 Å². The second kappa shape index (κ2) is 4.68. The van der Waals surface area contributed by atoms with E-state index < -0.39 is 6.30 Å². The number of anilines is 2. The summed E-state index contributed by atoms with van der Waals surface area (Å²) in [6.45, 7) is 5.41. The predicted molar refractivity (Wildman–Crippen MR) is 62.3 cm³/mol. The van der Waals surface area contributed by atoms with Crippen LogP contribution in [-0.2, 0) is 0 Å². The maximum Gasteiger partial charge on any atom is 0.490 e. The molecule has 18 heavy (non-hydrogen) atoms. The summed E-state index contributed by atoms with van der Waals surface area (Å²) in [5.74, 6) is -0.256. The summed E-state index contributed by atoms with van der Waals surface area (Å²) in [4.78, 5) is 3.88. The Balaban J connectivity index is 2.51. The van der Waals surface area contributed by atoms with E-state index >= 15 is 0 Å². The Bertz CT molecular complexity index is 523. The Labute approximate surface area is 103 Å². The number of rotatable bonds is 2. The molecular formula is C13H9F3N2. The van der Waals surface area contributed by atoms with Crippen molar-refractivity contribution >= 4 is 11.5 Å². The van der Waals surface area contributed by atoms with E-state index in [1.807, 2.05) is 0 Å². The smallest absolute Gasteiger partial charge is 0.236 e. The standard InChI is InChI=1S/C13H9F3N2/c1-10-6-5-9-12(17-10)18(13(14,15)16)11-7-3-2-4-8-11/h1-9H. The fraction of sp³-hybridized carbons (Fsp3) is 0.0769. The van der Waals surface area contributed by atoms with E-state index in [2.05, 4.69) is 4.98 Å². The molecule has 92 valence electrons. The molecule has 0 saturated heterocycles. The number of alkyl halides is 3. The molecule has 5 heteroatoms. The lowest BCUT2D eigenvalue weighted by atomic mass is 10.3. The van der Waals surface area contributed by atoms with Gasteiger partial charge >= 0.3 is 6.30 Å². The molecule has 0 aliphatic heterocycles.